The zero-order valence-electron chi connectivity index (χ0n) is 18.9. The Balaban J connectivity index is 1.37. The number of aliphatic hydroxyl groups excluding tert-OH is 1. The Morgan fingerprint density at radius 2 is 2.00 bits per heavy atom. The van der Waals surface area contributed by atoms with Crippen LogP contribution in [0.1, 0.15) is 68.5 Å². The number of carbonyl (C=O) groups excluding carboxylic acids is 1. The first-order chi connectivity index (χ1) is 15.2. The Morgan fingerprint density at radius 1 is 1.16 bits per heavy atom. The summed E-state index contributed by atoms with van der Waals surface area (Å²) in [6.07, 6.45) is 9.52. The van der Waals surface area contributed by atoms with Crippen molar-refractivity contribution in [3.8, 4) is 5.75 Å². The maximum absolute atomic E-state index is 13.2. The van der Waals surface area contributed by atoms with E-state index in [2.05, 4.69) is 22.3 Å². The number of aliphatic hydroxyl groups is 1. The molecule has 2 aliphatic carbocycles. The normalized spacial score (nSPS) is 26.6. The molecular weight excluding hydrogens is 392 g/mol. The van der Waals surface area contributed by atoms with E-state index in [0.29, 0.717) is 25.6 Å². The zero-order valence-corrected chi connectivity index (χ0v) is 18.9. The van der Waals surface area contributed by atoms with Crippen LogP contribution in [0.3, 0.4) is 0 Å². The standard InChI is InChI=1S/C25H38N2O4/c1-30-20-11-10-18-12-14-27(25(21(18)16-20)19-6-3-2-4-7-19)24(29)17-26-13-15-31-23-9-5-8-22(23)28/h10-11,16,19,22-23,25-26,28H,2-9,12-15,17H2,1H3. The summed E-state index contributed by atoms with van der Waals surface area (Å²) in [5, 5.41) is 13.1. The van der Waals surface area contributed by atoms with Crippen molar-refractivity contribution >= 4 is 5.91 Å². The van der Waals surface area contributed by atoms with Crippen molar-refractivity contribution in [1.82, 2.24) is 10.2 Å². The van der Waals surface area contributed by atoms with Crippen LogP contribution < -0.4 is 10.1 Å². The van der Waals surface area contributed by atoms with Crippen molar-refractivity contribution in [2.75, 3.05) is 33.4 Å². The summed E-state index contributed by atoms with van der Waals surface area (Å²) in [5.41, 5.74) is 2.64. The molecule has 1 heterocycles. The SMILES string of the molecule is COc1ccc2c(c1)C(C1CCCCC1)N(C(=O)CNCCOC1CCCC1O)CC2. The third-order valence-corrected chi connectivity index (χ3v) is 7.35. The van der Waals surface area contributed by atoms with E-state index in [1.165, 1.54) is 43.2 Å². The molecular formula is C25H38N2O4. The number of hydrogen-bond acceptors (Lipinski definition) is 5. The molecule has 4 rings (SSSR count). The summed E-state index contributed by atoms with van der Waals surface area (Å²) in [4.78, 5) is 15.4. The van der Waals surface area contributed by atoms with E-state index < -0.39 is 0 Å². The molecule has 3 atom stereocenters. The molecule has 3 aliphatic rings. The van der Waals surface area contributed by atoms with Crippen molar-refractivity contribution in [2.45, 2.75) is 76.0 Å². The third-order valence-electron chi connectivity index (χ3n) is 7.35. The minimum atomic E-state index is -0.330. The lowest BCUT2D eigenvalue weighted by Crippen LogP contribution is -2.47. The zero-order chi connectivity index (χ0) is 21.6. The van der Waals surface area contributed by atoms with Gasteiger partial charge < -0.3 is 24.8 Å². The molecule has 6 heteroatoms. The molecule has 1 aliphatic heterocycles. The van der Waals surface area contributed by atoms with Crippen LogP contribution in [0.5, 0.6) is 5.75 Å². The fraction of sp³-hybridized carbons (Fsp3) is 0.720. The lowest BCUT2D eigenvalue weighted by Gasteiger charge is -2.43. The molecule has 172 valence electrons. The highest BCUT2D eigenvalue weighted by molar-refractivity contribution is 5.79. The van der Waals surface area contributed by atoms with Crippen LogP contribution in [-0.4, -0.2) is 61.5 Å². The molecule has 2 N–H and O–H groups in total. The highest BCUT2D eigenvalue weighted by atomic mass is 16.5. The third kappa shape index (κ3) is 5.41. The topological polar surface area (TPSA) is 71.0 Å². The lowest BCUT2D eigenvalue weighted by molar-refractivity contribution is -0.134. The van der Waals surface area contributed by atoms with Gasteiger partial charge in [-0.15, -0.1) is 0 Å². The number of rotatable bonds is 8. The van der Waals surface area contributed by atoms with Crippen LogP contribution in [0.25, 0.3) is 0 Å². The van der Waals surface area contributed by atoms with Gasteiger partial charge in [-0.1, -0.05) is 25.3 Å². The van der Waals surface area contributed by atoms with Gasteiger partial charge in [0.1, 0.15) is 5.75 Å². The van der Waals surface area contributed by atoms with Gasteiger partial charge in [-0.2, -0.15) is 0 Å². The molecule has 31 heavy (non-hydrogen) atoms. The van der Waals surface area contributed by atoms with E-state index in [1.54, 1.807) is 7.11 Å². The second-order valence-corrected chi connectivity index (χ2v) is 9.33. The number of benzene rings is 1. The van der Waals surface area contributed by atoms with Crippen molar-refractivity contribution in [3.05, 3.63) is 29.3 Å². The Kier molecular flexibility index (Phi) is 7.86. The van der Waals surface area contributed by atoms with Gasteiger partial charge in [0.15, 0.2) is 0 Å². The molecule has 1 amide bonds. The molecule has 0 bridgehead atoms. The molecule has 6 nitrogen and oxygen atoms in total. The molecule has 0 spiro atoms. The van der Waals surface area contributed by atoms with Gasteiger partial charge in [-0.05, 0) is 67.7 Å². The number of hydrogen-bond donors (Lipinski definition) is 2. The van der Waals surface area contributed by atoms with Gasteiger partial charge in [0.2, 0.25) is 5.91 Å². The molecule has 2 fully saturated rings. The summed E-state index contributed by atoms with van der Waals surface area (Å²) in [5.74, 6) is 1.57. The van der Waals surface area contributed by atoms with Crippen LogP contribution in [-0.2, 0) is 16.0 Å². The average molecular weight is 431 g/mol. The Morgan fingerprint density at radius 3 is 2.74 bits per heavy atom. The fourth-order valence-corrected chi connectivity index (χ4v) is 5.67. The molecule has 2 saturated carbocycles. The Bertz CT molecular complexity index is 734. The highest BCUT2D eigenvalue weighted by Crippen LogP contribution is 2.43. The summed E-state index contributed by atoms with van der Waals surface area (Å²) in [6.45, 7) is 2.27. The van der Waals surface area contributed by atoms with Gasteiger partial charge in [-0.25, -0.2) is 0 Å². The summed E-state index contributed by atoms with van der Waals surface area (Å²) < 4.78 is 11.3. The second-order valence-electron chi connectivity index (χ2n) is 9.33. The first kappa shape index (κ1) is 22.6. The van der Waals surface area contributed by atoms with Gasteiger partial charge in [0.05, 0.1) is 38.5 Å². The molecule has 0 radical (unpaired) electrons. The van der Waals surface area contributed by atoms with Crippen molar-refractivity contribution in [3.63, 3.8) is 0 Å². The van der Waals surface area contributed by atoms with E-state index in [9.17, 15) is 9.90 Å². The number of nitrogens with zero attached hydrogens (tertiary/aromatic N) is 1. The number of ether oxygens (including phenoxy) is 2. The number of amides is 1. The predicted molar refractivity (Wildman–Crippen MR) is 120 cm³/mol. The fourth-order valence-electron chi connectivity index (χ4n) is 5.67. The van der Waals surface area contributed by atoms with E-state index in [1.807, 2.05) is 6.07 Å². The molecule has 1 aromatic carbocycles. The first-order valence-electron chi connectivity index (χ1n) is 12.1. The maximum Gasteiger partial charge on any atom is 0.237 e. The van der Waals surface area contributed by atoms with E-state index in [-0.39, 0.29) is 24.2 Å². The molecule has 1 aromatic rings. The monoisotopic (exact) mass is 430 g/mol. The van der Waals surface area contributed by atoms with Crippen LogP contribution in [0.4, 0.5) is 0 Å². The van der Waals surface area contributed by atoms with Gasteiger partial charge in [0, 0.05) is 13.1 Å². The van der Waals surface area contributed by atoms with E-state index in [4.69, 9.17) is 9.47 Å². The van der Waals surface area contributed by atoms with Crippen LogP contribution in [0.15, 0.2) is 18.2 Å². The van der Waals surface area contributed by atoms with Crippen molar-refractivity contribution in [1.29, 1.82) is 0 Å². The molecule has 0 saturated heterocycles. The van der Waals surface area contributed by atoms with E-state index >= 15 is 0 Å². The minimum absolute atomic E-state index is 0.0400. The molecule has 3 unspecified atom stereocenters. The Labute approximate surface area is 186 Å². The second kappa shape index (κ2) is 10.8. The van der Waals surface area contributed by atoms with Gasteiger partial charge >= 0.3 is 0 Å². The quantitative estimate of drug-likeness (QED) is 0.620. The lowest BCUT2D eigenvalue weighted by atomic mass is 9.77. The number of fused-ring (bicyclic) bond motifs is 1. The minimum Gasteiger partial charge on any atom is -0.497 e. The summed E-state index contributed by atoms with van der Waals surface area (Å²) >= 11 is 0. The Hall–Kier alpha value is -1.63. The van der Waals surface area contributed by atoms with Crippen LogP contribution in [0, 0.1) is 5.92 Å². The smallest absolute Gasteiger partial charge is 0.237 e. The highest BCUT2D eigenvalue weighted by Gasteiger charge is 2.36. The largest absolute Gasteiger partial charge is 0.497 e. The first-order valence-corrected chi connectivity index (χ1v) is 12.1. The number of carbonyl (C=O) groups is 1. The predicted octanol–water partition coefficient (Wildman–Crippen LogP) is 3.22. The van der Waals surface area contributed by atoms with Crippen LogP contribution >= 0.6 is 0 Å². The van der Waals surface area contributed by atoms with Crippen LogP contribution in [0.2, 0.25) is 0 Å². The van der Waals surface area contributed by atoms with Crippen molar-refractivity contribution in [2.24, 2.45) is 5.92 Å². The number of nitrogens with one attached hydrogen (secondary N) is 1. The maximum atomic E-state index is 13.2. The summed E-state index contributed by atoms with van der Waals surface area (Å²) in [7, 11) is 1.71. The van der Waals surface area contributed by atoms with E-state index in [0.717, 1.165) is 38.0 Å². The van der Waals surface area contributed by atoms with Gasteiger partial charge in [-0.3, -0.25) is 4.79 Å². The summed E-state index contributed by atoms with van der Waals surface area (Å²) in [6, 6.07) is 6.52. The van der Waals surface area contributed by atoms with Gasteiger partial charge in [0.25, 0.3) is 0 Å². The van der Waals surface area contributed by atoms with Crippen molar-refractivity contribution < 1.29 is 19.4 Å². The average Bonchev–Trinajstić information content (AvgIpc) is 3.22. The number of methoxy groups -OCH3 is 1. The molecule has 0 aromatic heterocycles.